The minimum absolute atomic E-state index is 0.0963. The van der Waals surface area contributed by atoms with E-state index in [1.165, 1.54) is 60.7 Å². The lowest BCUT2D eigenvalue weighted by atomic mass is 10.0. The quantitative estimate of drug-likeness (QED) is 0.0713. The van der Waals surface area contributed by atoms with Crippen LogP contribution in [0, 0.1) is 10.1 Å². The van der Waals surface area contributed by atoms with E-state index in [-0.39, 0.29) is 17.1 Å². The standard InChI is InChI=1S/C33H31N7O9S/c1-2-17-34-31(43)36-24-6-4-8-28(19-24)50(48)39-25-7-3-5-21(18-25)29(20-30(41)42)38-32(44)35-22-9-11-23(12-10-22)37-33(45)49-27-15-13-26(14-16-27)40(46)47/h3-16,18-19,29H,2,17,20H2,1H3,(H5-,34,35,36,37,38,41,42,43,44,45)/p+1/t29-/m0/s1. The Bertz CT molecular complexity index is 2030. The van der Waals surface area contributed by atoms with Crippen molar-refractivity contribution in [2.24, 2.45) is 0 Å². The molecule has 0 spiro atoms. The van der Waals surface area contributed by atoms with Crippen LogP contribution in [0.4, 0.5) is 42.8 Å². The smallest absolute Gasteiger partial charge is 0.417 e. The average molecular weight is 703 g/mol. The number of nitrogens with one attached hydrogen (secondary N) is 5. The van der Waals surface area contributed by atoms with Gasteiger partial charge in [-0.3, -0.25) is 20.2 Å². The first-order valence-corrected chi connectivity index (χ1v) is 16.1. The molecule has 4 aromatic carbocycles. The first-order chi connectivity index (χ1) is 24.0. The maximum Gasteiger partial charge on any atom is 0.417 e. The van der Waals surface area contributed by atoms with E-state index in [2.05, 4.69) is 30.8 Å². The third-order valence-corrected chi connectivity index (χ3v) is 7.66. The maximum absolute atomic E-state index is 13.1. The summed E-state index contributed by atoms with van der Waals surface area (Å²) >= 11 is 0. The Morgan fingerprint density at radius 1 is 0.860 bits per heavy atom. The van der Waals surface area contributed by atoms with E-state index in [1.807, 2.05) is 6.92 Å². The maximum atomic E-state index is 13.1. The molecule has 50 heavy (non-hydrogen) atoms. The molecule has 0 aliphatic heterocycles. The summed E-state index contributed by atoms with van der Waals surface area (Å²) in [6.45, 7) is 2.43. The van der Waals surface area contributed by atoms with Crippen LogP contribution in [-0.2, 0) is 15.2 Å². The highest BCUT2D eigenvalue weighted by Crippen LogP contribution is 2.24. The van der Waals surface area contributed by atoms with E-state index in [1.54, 1.807) is 36.4 Å². The third kappa shape index (κ3) is 11.2. The van der Waals surface area contributed by atoms with Gasteiger partial charge in [-0.25, -0.2) is 14.4 Å². The number of aliphatic carboxylic acids is 1. The lowest BCUT2D eigenvalue weighted by Crippen LogP contribution is -2.33. The summed E-state index contributed by atoms with van der Waals surface area (Å²) in [5, 5.41) is 33.4. The number of hydrogen-bond acceptors (Lipinski definition) is 8. The summed E-state index contributed by atoms with van der Waals surface area (Å²) in [4.78, 5) is 59.3. The molecule has 4 aromatic rings. The Morgan fingerprint density at radius 3 is 2.18 bits per heavy atom. The fourth-order valence-corrected chi connectivity index (χ4v) is 5.15. The topological polar surface area (TPSA) is 222 Å². The Hall–Kier alpha value is -6.71. The van der Waals surface area contributed by atoms with Crippen LogP contribution in [0.3, 0.4) is 0 Å². The van der Waals surface area contributed by atoms with E-state index in [0.717, 1.165) is 6.42 Å². The number of carboxylic acids is 1. The lowest BCUT2D eigenvalue weighted by molar-refractivity contribution is -0.384. The Morgan fingerprint density at radius 2 is 1.52 bits per heavy atom. The van der Waals surface area contributed by atoms with Gasteiger partial charge in [0.2, 0.25) is 0 Å². The minimum atomic E-state index is -1.87. The number of urea groups is 2. The van der Waals surface area contributed by atoms with Gasteiger partial charge in [0.1, 0.15) is 10.6 Å². The van der Waals surface area contributed by atoms with Crippen molar-refractivity contribution >= 4 is 63.0 Å². The lowest BCUT2D eigenvalue weighted by Gasteiger charge is -2.17. The van der Waals surface area contributed by atoms with Gasteiger partial charge in [0.25, 0.3) is 5.69 Å². The van der Waals surface area contributed by atoms with Crippen molar-refractivity contribution < 1.29 is 38.2 Å². The predicted octanol–water partition coefficient (Wildman–Crippen LogP) is 6.80. The summed E-state index contributed by atoms with van der Waals surface area (Å²) < 4.78 is 22.4. The zero-order chi connectivity index (χ0) is 36.0. The second-order valence-corrected chi connectivity index (χ2v) is 11.6. The van der Waals surface area contributed by atoms with Gasteiger partial charge in [0, 0.05) is 52.1 Å². The van der Waals surface area contributed by atoms with Crippen LogP contribution >= 0.6 is 0 Å². The highest BCUT2D eigenvalue weighted by atomic mass is 32.2. The summed E-state index contributed by atoms with van der Waals surface area (Å²) in [5.41, 5.74) is 1.59. The molecule has 0 saturated carbocycles. The molecule has 0 saturated heterocycles. The fraction of sp³-hybridized carbons (Fsp3) is 0.152. The van der Waals surface area contributed by atoms with Crippen LogP contribution in [0.5, 0.6) is 5.75 Å². The number of carboxylic acid groups (broad SMARTS) is 1. The van der Waals surface area contributed by atoms with Crippen molar-refractivity contribution in [2.45, 2.75) is 30.7 Å². The summed E-state index contributed by atoms with van der Waals surface area (Å²) in [6, 6.07) is 21.5. The van der Waals surface area contributed by atoms with Crippen molar-refractivity contribution in [1.29, 1.82) is 0 Å². The predicted molar refractivity (Wildman–Crippen MR) is 186 cm³/mol. The molecule has 0 fully saturated rings. The SMILES string of the molecule is CCCNC(=O)Nc1cccc(S(=O)#[N+]c2cccc([C@H](CC(=O)O)NC(=O)Nc3ccc(NC(=O)Oc4ccc([N+](=O)[O-])cc4)cc3)c2)c1. The molecule has 5 amide bonds. The van der Waals surface area contributed by atoms with E-state index in [0.29, 0.717) is 34.1 Å². The molecular formula is C33H32N7O9S+. The zero-order valence-corrected chi connectivity index (χ0v) is 27.3. The number of carbonyl (C=O) groups excluding carboxylic acids is 3. The van der Waals surface area contributed by atoms with Gasteiger partial charge in [-0.2, -0.15) is 0 Å². The zero-order valence-electron chi connectivity index (χ0n) is 26.5. The van der Waals surface area contributed by atoms with E-state index in [9.17, 15) is 38.6 Å². The van der Waals surface area contributed by atoms with Crippen LogP contribution in [0.1, 0.15) is 31.4 Å². The van der Waals surface area contributed by atoms with Gasteiger partial charge in [-0.15, -0.1) is 4.21 Å². The van der Waals surface area contributed by atoms with Crippen molar-refractivity contribution in [3.8, 4) is 5.75 Å². The van der Waals surface area contributed by atoms with Gasteiger partial charge >= 0.3 is 40.2 Å². The van der Waals surface area contributed by atoms with Crippen LogP contribution in [0.2, 0.25) is 0 Å². The van der Waals surface area contributed by atoms with Gasteiger partial charge in [-0.05, 0) is 66.6 Å². The molecule has 0 aliphatic rings. The Balaban J connectivity index is 1.39. The number of ether oxygens (including phenoxy) is 1. The Kier molecular flexibility index (Phi) is 12.6. The molecule has 0 aromatic heterocycles. The molecule has 1 atom stereocenters. The highest BCUT2D eigenvalue weighted by molar-refractivity contribution is 7.73. The number of nitro benzene ring substituents is 1. The second-order valence-electron chi connectivity index (χ2n) is 10.4. The highest BCUT2D eigenvalue weighted by Gasteiger charge is 2.21. The van der Waals surface area contributed by atoms with Crippen molar-refractivity contribution in [2.75, 3.05) is 22.5 Å². The molecule has 6 N–H and O–H groups in total. The third-order valence-electron chi connectivity index (χ3n) is 6.62. The monoisotopic (exact) mass is 702 g/mol. The van der Waals surface area contributed by atoms with Gasteiger partial charge in [0.15, 0.2) is 0 Å². The van der Waals surface area contributed by atoms with Gasteiger partial charge in [-0.1, -0.05) is 25.1 Å². The second kappa shape index (κ2) is 17.4. The number of rotatable bonds is 11. The van der Waals surface area contributed by atoms with Crippen molar-refractivity contribution in [3.63, 3.8) is 0 Å². The number of carbonyl (C=O) groups is 4. The molecule has 0 aliphatic carbocycles. The normalized spacial score (nSPS) is 10.8. The number of anilines is 3. The molecule has 16 nitrogen and oxygen atoms in total. The average Bonchev–Trinajstić information content (AvgIpc) is 3.08. The molecule has 17 heteroatoms. The first-order valence-electron chi connectivity index (χ1n) is 15.0. The van der Waals surface area contributed by atoms with E-state index >= 15 is 0 Å². The van der Waals surface area contributed by atoms with Crippen LogP contribution in [0.25, 0.3) is 4.19 Å². The Labute approximate surface area is 287 Å². The molecule has 0 bridgehead atoms. The molecule has 258 valence electrons. The molecule has 0 unspecified atom stereocenters. The number of benzene rings is 4. The summed E-state index contributed by atoms with van der Waals surface area (Å²) in [7, 11) is -1.87. The van der Waals surface area contributed by atoms with Gasteiger partial charge < -0.3 is 31.1 Å². The number of non-ortho nitro benzene ring substituents is 1. The van der Waals surface area contributed by atoms with E-state index in [4.69, 9.17) is 4.74 Å². The summed E-state index contributed by atoms with van der Waals surface area (Å²) in [6.07, 6.45) is -0.538. The van der Waals surface area contributed by atoms with Crippen LogP contribution in [0.15, 0.2) is 102 Å². The van der Waals surface area contributed by atoms with Crippen molar-refractivity contribution in [1.82, 2.24) is 10.6 Å². The number of amides is 5. The molecule has 0 radical (unpaired) electrons. The summed E-state index contributed by atoms with van der Waals surface area (Å²) in [5.74, 6) is -1.08. The minimum Gasteiger partial charge on any atom is -0.481 e. The fourth-order valence-electron chi connectivity index (χ4n) is 4.32. The number of nitro groups is 1. The molecular weight excluding hydrogens is 670 g/mol. The molecule has 0 heterocycles. The van der Waals surface area contributed by atoms with Gasteiger partial charge in [0.05, 0.1) is 17.4 Å². The number of hydrogen-bond donors (Lipinski definition) is 6. The largest absolute Gasteiger partial charge is 0.481 e. The van der Waals surface area contributed by atoms with Crippen LogP contribution in [-0.4, -0.2) is 44.9 Å². The first kappa shape index (κ1) is 36.1. The number of nitrogens with zero attached hydrogens (tertiary/aromatic N) is 2. The molecule has 4 rings (SSSR count). The van der Waals surface area contributed by atoms with Crippen molar-refractivity contribution in [3.05, 3.63) is 117 Å². The van der Waals surface area contributed by atoms with E-state index < -0.39 is 51.9 Å². The van der Waals surface area contributed by atoms with Crippen LogP contribution < -0.4 is 31.3 Å².